The van der Waals surface area contributed by atoms with Crippen molar-refractivity contribution in [1.29, 1.82) is 0 Å². The zero-order valence-electron chi connectivity index (χ0n) is 8.92. The van der Waals surface area contributed by atoms with Gasteiger partial charge >= 0.3 is 0 Å². The molecule has 0 N–H and O–H groups in total. The van der Waals surface area contributed by atoms with Crippen LogP contribution in [0.5, 0.6) is 0 Å². The van der Waals surface area contributed by atoms with E-state index in [-0.39, 0.29) is 0 Å². The number of rotatable bonds is 1. The highest BCUT2D eigenvalue weighted by molar-refractivity contribution is 14.1. The lowest BCUT2D eigenvalue weighted by atomic mass is 9.96. The number of aryl methyl sites for hydroxylation is 2. The molecule has 0 heterocycles. The number of benzene rings is 2. The van der Waals surface area contributed by atoms with Crippen LogP contribution in [0.1, 0.15) is 11.1 Å². The number of hydrogen-bond donors (Lipinski definition) is 0. The monoisotopic (exact) mass is 308 g/mol. The van der Waals surface area contributed by atoms with E-state index < -0.39 is 0 Å². The SMILES string of the molecule is Cc1cccc(C)c1-c1ccccc1I. The molecule has 0 unspecified atom stereocenters. The molecule has 2 aromatic carbocycles. The summed E-state index contributed by atoms with van der Waals surface area (Å²) in [5.74, 6) is 0. The molecule has 1 heteroatoms. The first-order valence-corrected chi connectivity index (χ1v) is 6.09. The van der Waals surface area contributed by atoms with E-state index in [1.807, 2.05) is 0 Å². The molecule has 0 spiro atoms. The second kappa shape index (κ2) is 4.35. The van der Waals surface area contributed by atoms with Gasteiger partial charge in [-0.05, 0) is 64.8 Å². The molecule has 0 radical (unpaired) electrons. The quantitative estimate of drug-likeness (QED) is 0.677. The Kier molecular flexibility index (Phi) is 3.10. The van der Waals surface area contributed by atoms with Gasteiger partial charge in [0.15, 0.2) is 0 Å². The molecule has 2 aromatic rings. The fraction of sp³-hybridized carbons (Fsp3) is 0.143. The van der Waals surface area contributed by atoms with E-state index in [4.69, 9.17) is 0 Å². The Morgan fingerprint density at radius 3 is 2.00 bits per heavy atom. The van der Waals surface area contributed by atoms with Gasteiger partial charge in [0.1, 0.15) is 0 Å². The van der Waals surface area contributed by atoms with Crippen LogP contribution >= 0.6 is 22.6 Å². The average molecular weight is 308 g/mol. The Morgan fingerprint density at radius 1 is 0.800 bits per heavy atom. The van der Waals surface area contributed by atoms with Crippen LogP contribution in [0.25, 0.3) is 11.1 Å². The highest BCUT2D eigenvalue weighted by Gasteiger charge is 2.07. The lowest BCUT2D eigenvalue weighted by Crippen LogP contribution is -1.89. The summed E-state index contributed by atoms with van der Waals surface area (Å²) in [4.78, 5) is 0. The van der Waals surface area contributed by atoms with Gasteiger partial charge in [-0.2, -0.15) is 0 Å². The summed E-state index contributed by atoms with van der Waals surface area (Å²) in [7, 11) is 0. The van der Waals surface area contributed by atoms with Crippen molar-refractivity contribution >= 4 is 22.6 Å². The van der Waals surface area contributed by atoms with Crippen molar-refractivity contribution in [2.45, 2.75) is 13.8 Å². The van der Waals surface area contributed by atoms with Crippen LogP contribution in [0.4, 0.5) is 0 Å². The Morgan fingerprint density at radius 2 is 1.40 bits per heavy atom. The summed E-state index contributed by atoms with van der Waals surface area (Å²) in [5, 5.41) is 0. The topological polar surface area (TPSA) is 0 Å². The second-order valence-electron chi connectivity index (χ2n) is 3.75. The van der Waals surface area contributed by atoms with Crippen LogP contribution in [-0.2, 0) is 0 Å². The summed E-state index contributed by atoms with van der Waals surface area (Å²) in [5.41, 5.74) is 5.41. The molecule has 76 valence electrons. The predicted molar refractivity (Wildman–Crippen MR) is 74.1 cm³/mol. The van der Waals surface area contributed by atoms with Crippen LogP contribution in [-0.4, -0.2) is 0 Å². The van der Waals surface area contributed by atoms with E-state index in [0.717, 1.165) is 0 Å². The lowest BCUT2D eigenvalue weighted by molar-refractivity contribution is 1.37. The maximum absolute atomic E-state index is 2.40. The fourth-order valence-electron chi connectivity index (χ4n) is 1.90. The summed E-state index contributed by atoms with van der Waals surface area (Å²) in [6.07, 6.45) is 0. The molecule has 0 bridgehead atoms. The molecule has 0 nitrogen and oxygen atoms in total. The largest absolute Gasteiger partial charge is 0.0617 e. The molecular weight excluding hydrogens is 295 g/mol. The van der Waals surface area contributed by atoms with E-state index in [1.54, 1.807) is 0 Å². The van der Waals surface area contributed by atoms with Crippen LogP contribution in [0.15, 0.2) is 42.5 Å². The van der Waals surface area contributed by atoms with Gasteiger partial charge in [-0.1, -0.05) is 36.4 Å². The van der Waals surface area contributed by atoms with Gasteiger partial charge in [-0.15, -0.1) is 0 Å². The van der Waals surface area contributed by atoms with Crippen LogP contribution in [0, 0.1) is 17.4 Å². The predicted octanol–water partition coefficient (Wildman–Crippen LogP) is 4.58. The third-order valence-electron chi connectivity index (χ3n) is 2.62. The van der Waals surface area contributed by atoms with E-state index >= 15 is 0 Å². The normalized spacial score (nSPS) is 10.3. The molecule has 0 saturated heterocycles. The van der Waals surface area contributed by atoms with Crippen molar-refractivity contribution in [2.75, 3.05) is 0 Å². The summed E-state index contributed by atoms with van der Waals surface area (Å²) >= 11 is 2.40. The molecule has 2 rings (SSSR count). The van der Waals surface area contributed by atoms with Gasteiger partial charge in [0.2, 0.25) is 0 Å². The molecule has 15 heavy (non-hydrogen) atoms. The maximum Gasteiger partial charge on any atom is 0.0208 e. The van der Waals surface area contributed by atoms with Crippen molar-refractivity contribution in [3.63, 3.8) is 0 Å². The molecule has 0 aromatic heterocycles. The van der Waals surface area contributed by atoms with E-state index in [2.05, 4.69) is 78.9 Å². The van der Waals surface area contributed by atoms with Crippen molar-refractivity contribution in [3.8, 4) is 11.1 Å². The third kappa shape index (κ3) is 2.07. The minimum Gasteiger partial charge on any atom is -0.0617 e. The molecule has 0 fully saturated rings. The second-order valence-corrected chi connectivity index (χ2v) is 4.91. The third-order valence-corrected chi connectivity index (χ3v) is 3.56. The van der Waals surface area contributed by atoms with E-state index in [9.17, 15) is 0 Å². The molecular formula is C14H13I. The average Bonchev–Trinajstić information content (AvgIpc) is 2.20. The first-order chi connectivity index (χ1) is 7.20. The highest BCUT2D eigenvalue weighted by Crippen LogP contribution is 2.30. The first-order valence-electron chi connectivity index (χ1n) is 5.01. The summed E-state index contributed by atoms with van der Waals surface area (Å²) in [6, 6.07) is 15.0. The Hall–Kier alpha value is -0.830. The molecule has 0 amide bonds. The number of hydrogen-bond acceptors (Lipinski definition) is 0. The molecule has 0 aliphatic heterocycles. The van der Waals surface area contributed by atoms with Gasteiger partial charge in [0.05, 0.1) is 0 Å². The van der Waals surface area contributed by atoms with E-state index in [0.29, 0.717) is 0 Å². The van der Waals surface area contributed by atoms with Gasteiger partial charge in [0.25, 0.3) is 0 Å². The Bertz CT molecular complexity index is 466. The van der Waals surface area contributed by atoms with Gasteiger partial charge in [-0.3, -0.25) is 0 Å². The van der Waals surface area contributed by atoms with Crippen molar-refractivity contribution in [2.24, 2.45) is 0 Å². The van der Waals surface area contributed by atoms with Crippen LogP contribution in [0.2, 0.25) is 0 Å². The molecule has 0 aliphatic rings. The smallest absolute Gasteiger partial charge is 0.0208 e. The van der Waals surface area contributed by atoms with Crippen LogP contribution < -0.4 is 0 Å². The fourth-order valence-corrected chi connectivity index (χ4v) is 2.56. The lowest BCUT2D eigenvalue weighted by Gasteiger charge is -2.11. The van der Waals surface area contributed by atoms with Crippen molar-refractivity contribution in [3.05, 3.63) is 57.2 Å². The Labute approximate surface area is 104 Å². The van der Waals surface area contributed by atoms with Gasteiger partial charge in [0, 0.05) is 3.57 Å². The van der Waals surface area contributed by atoms with Gasteiger partial charge < -0.3 is 0 Å². The molecule has 0 atom stereocenters. The number of halogens is 1. The van der Waals surface area contributed by atoms with Crippen molar-refractivity contribution < 1.29 is 0 Å². The zero-order chi connectivity index (χ0) is 10.8. The van der Waals surface area contributed by atoms with Gasteiger partial charge in [-0.25, -0.2) is 0 Å². The first kappa shape index (κ1) is 10.7. The minimum absolute atomic E-state index is 1.31. The summed E-state index contributed by atoms with van der Waals surface area (Å²) < 4.78 is 1.31. The highest BCUT2D eigenvalue weighted by atomic mass is 127. The molecule has 0 saturated carbocycles. The van der Waals surface area contributed by atoms with Crippen molar-refractivity contribution in [1.82, 2.24) is 0 Å². The Balaban J connectivity index is 2.69. The van der Waals surface area contributed by atoms with Crippen LogP contribution in [0.3, 0.4) is 0 Å². The summed E-state index contributed by atoms with van der Waals surface area (Å²) in [6.45, 7) is 4.34. The zero-order valence-corrected chi connectivity index (χ0v) is 11.1. The standard InChI is InChI=1S/C14H13I/c1-10-6-5-7-11(2)14(10)12-8-3-4-9-13(12)15/h3-9H,1-2H3. The minimum atomic E-state index is 1.31. The molecule has 0 aliphatic carbocycles. The van der Waals surface area contributed by atoms with E-state index in [1.165, 1.54) is 25.8 Å². The maximum atomic E-state index is 2.40.